The second kappa shape index (κ2) is 6.07. The molecule has 0 amide bonds. The van der Waals surface area contributed by atoms with E-state index in [-0.39, 0.29) is 0 Å². The van der Waals surface area contributed by atoms with Crippen molar-refractivity contribution in [3.05, 3.63) is 66.4 Å². The molecule has 0 fully saturated rings. The quantitative estimate of drug-likeness (QED) is 0.604. The Morgan fingerprint density at radius 1 is 0.958 bits per heavy atom. The van der Waals surface area contributed by atoms with Gasteiger partial charge in [-0.05, 0) is 12.1 Å². The maximum atomic E-state index is 9.29. The van der Waals surface area contributed by atoms with Crippen LogP contribution in [0.3, 0.4) is 0 Å². The van der Waals surface area contributed by atoms with Crippen molar-refractivity contribution in [1.29, 1.82) is 5.26 Å². The van der Waals surface area contributed by atoms with Crippen molar-refractivity contribution in [3.63, 3.8) is 0 Å². The highest BCUT2D eigenvalue weighted by atomic mass is 32.1. The average Bonchev–Trinajstić information content (AvgIpc) is 3.04. The Balaban J connectivity index is 1.72. The summed E-state index contributed by atoms with van der Waals surface area (Å²) in [6.45, 7) is 0. The summed E-state index contributed by atoms with van der Waals surface area (Å²) in [7, 11) is 0. The van der Waals surface area contributed by atoms with Crippen molar-refractivity contribution in [3.8, 4) is 17.3 Å². The first-order valence-electron chi connectivity index (χ1n) is 7.28. The number of nitriles is 1. The zero-order valence-electron chi connectivity index (χ0n) is 12.5. The van der Waals surface area contributed by atoms with Crippen LogP contribution in [-0.2, 0) is 0 Å². The van der Waals surface area contributed by atoms with Crippen LogP contribution >= 0.6 is 11.3 Å². The number of fused-ring (bicyclic) bond motifs is 1. The lowest BCUT2D eigenvalue weighted by molar-refractivity contribution is 1.15. The number of hydrogen-bond acceptors (Lipinski definition) is 6. The number of thiazole rings is 1. The normalized spacial score (nSPS) is 10.5. The molecule has 0 bridgehead atoms. The van der Waals surface area contributed by atoms with E-state index in [9.17, 15) is 5.26 Å². The van der Waals surface area contributed by atoms with Gasteiger partial charge in [-0.15, -0.1) is 0 Å². The summed E-state index contributed by atoms with van der Waals surface area (Å²) >= 11 is 1.54. The van der Waals surface area contributed by atoms with Gasteiger partial charge >= 0.3 is 0 Å². The third-order valence-corrected chi connectivity index (χ3v) is 4.42. The lowest BCUT2D eigenvalue weighted by Crippen LogP contribution is -2.00. The predicted molar refractivity (Wildman–Crippen MR) is 95.1 cm³/mol. The average molecular weight is 329 g/mol. The largest absolute Gasteiger partial charge is 0.300 e. The van der Waals surface area contributed by atoms with E-state index in [0.717, 1.165) is 20.9 Å². The maximum Gasteiger partial charge on any atom is 0.229 e. The minimum absolute atomic E-state index is 0.423. The molecular formula is C18H11N5S. The smallest absolute Gasteiger partial charge is 0.229 e. The van der Waals surface area contributed by atoms with Crippen LogP contribution in [0.25, 0.3) is 21.5 Å². The standard InChI is InChI=1S/C18H11N5S/c19-10-13-11-20-17(22-16(13)12-6-2-1-3-7-12)23-18-21-14-8-4-5-9-15(14)24-18/h1-9,11H,(H,20,21,22,23). The van der Waals surface area contributed by atoms with Gasteiger partial charge in [-0.2, -0.15) is 5.26 Å². The minimum Gasteiger partial charge on any atom is -0.300 e. The number of nitrogens with zero attached hydrogens (tertiary/aromatic N) is 4. The van der Waals surface area contributed by atoms with E-state index < -0.39 is 0 Å². The molecule has 0 saturated heterocycles. The molecule has 0 aliphatic carbocycles. The van der Waals surface area contributed by atoms with Crippen LogP contribution < -0.4 is 5.32 Å². The van der Waals surface area contributed by atoms with Crippen molar-refractivity contribution in [1.82, 2.24) is 15.0 Å². The Morgan fingerprint density at radius 2 is 1.75 bits per heavy atom. The van der Waals surface area contributed by atoms with Crippen LogP contribution in [0.2, 0.25) is 0 Å². The molecule has 0 radical (unpaired) electrons. The summed E-state index contributed by atoms with van der Waals surface area (Å²) in [5.74, 6) is 0.423. The fraction of sp³-hybridized carbons (Fsp3) is 0. The molecule has 0 atom stereocenters. The Morgan fingerprint density at radius 3 is 2.54 bits per heavy atom. The number of benzene rings is 2. The number of anilines is 2. The summed E-state index contributed by atoms with van der Waals surface area (Å²) < 4.78 is 1.09. The molecule has 0 aliphatic heterocycles. The van der Waals surface area contributed by atoms with Crippen LogP contribution in [0.15, 0.2) is 60.8 Å². The van der Waals surface area contributed by atoms with Gasteiger partial charge in [0, 0.05) is 5.56 Å². The van der Waals surface area contributed by atoms with E-state index in [1.807, 2.05) is 54.6 Å². The van der Waals surface area contributed by atoms with Crippen LogP contribution in [-0.4, -0.2) is 15.0 Å². The first kappa shape index (κ1) is 14.3. The van der Waals surface area contributed by atoms with Gasteiger partial charge in [0.1, 0.15) is 6.07 Å². The van der Waals surface area contributed by atoms with E-state index in [0.29, 0.717) is 17.2 Å². The number of para-hydroxylation sites is 1. The van der Waals surface area contributed by atoms with Gasteiger partial charge in [-0.3, -0.25) is 5.32 Å². The highest BCUT2D eigenvalue weighted by molar-refractivity contribution is 7.22. The maximum absolute atomic E-state index is 9.29. The number of hydrogen-bond donors (Lipinski definition) is 1. The lowest BCUT2D eigenvalue weighted by Gasteiger charge is -2.06. The molecule has 114 valence electrons. The number of nitrogens with one attached hydrogen (secondary N) is 1. The highest BCUT2D eigenvalue weighted by Crippen LogP contribution is 2.28. The summed E-state index contributed by atoms with van der Waals surface area (Å²) in [6.07, 6.45) is 1.53. The Bertz CT molecular complexity index is 1020. The van der Waals surface area contributed by atoms with Crippen molar-refractivity contribution in [2.45, 2.75) is 0 Å². The van der Waals surface area contributed by atoms with Crippen LogP contribution in [0, 0.1) is 11.3 Å². The van der Waals surface area contributed by atoms with Crippen molar-refractivity contribution >= 4 is 32.6 Å². The zero-order valence-corrected chi connectivity index (χ0v) is 13.3. The summed E-state index contributed by atoms with van der Waals surface area (Å²) in [6, 6.07) is 19.7. The second-order valence-electron chi connectivity index (χ2n) is 5.05. The van der Waals surface area contributed by atoms with Gasteiger partial charge in [0.2, 0.25) is 5.95 Å². The molecule has 2 aromatic heterocycles. The minimum atomic E-state index is 0.423. The van der Waals surface area contributed by atoms with Gasteiger partial charge in [-0.1, -0.05) is 53.8 Å². The third kappa shape index (κ3) is 2.69. The Hall–Kier alpha value is -3.30. The van der Waals surface area contributed by atoms with Crippen LogP contribution in [0.5, 0.6) is 0 Å². The first-order valence-corrected chi connectivity index (χ1v) is 8.10. The highest BCUT2D eigenvalue weighted by Gasteiger charge is 2.11. The van der Waals surface area contributed by atoms with Gasteiger partial charge < -0.3 is 0 Å². The molecule has 5 nitrogen and oxygen atoms in total. The Labute approximate surface area is 142 Å². The zero-order chi connectivity index (χ0) is 16.4. The summed E-state index contributed by atoms with van der Waals surface area (Å²) in [5, 5.41) is 13.1. The van der Waals surface area contributed by atoms with Crippen LogP contribution in [0.1, 0.15) is 5.56 Å². The number of aromatic nitrogens is 3. The Kier molecular flexibility index (Phi) is 3.61. The predicted octanol–water partition coefficient (Wildman–Crippen LogP) is 4.37. The van der Waals surface area contributed by atoms with E-state index in [4.69, 9.17) is 0 Å². The van der Waals surface area contributed by atoms with Crippen molar-refractivity contribution in [2.75, 3.05) is 5.32 Å². The SMILES string of the molecule is N#Cc1cnc(Nc2nc3ccccc3s2)nc1-c1ccccc1. The van der Waals surface area contributed by atoms with Gasteiger partial charge in [0.25, 0.3) is 0 Å². The molecule has 0 saturated carbocycles. The molecule has 4 rings (SSSR count). The second-order valence-corrected chi connectivity index (χ2v) is 6.08. The van der Waals surface area contributed by atoms with E-state index in [1.54, 1.807) is 0 Å². The molecule has 6 heteroatoms. The van der Waals surface area contributed by atoms with Crippen molar-refractivity contribution in [2.24, 2.45) is 0 Å². The topological polar surface area (TPSA) is 74.5 Å². The molecule has 0 unspecified atom stereocenters. The summed E-state index contributed by atoms with van der Waals surface area (Å²) in [5.41, 5.74) is 2.86. The fourth-order valence-electron chi connectivity index (χ4n) is 2.36. The van der Waals surface area contributed by atoms with Gasteiger partial charge in [-0.25, -0.2) is 15.0 Å². The lowest BCUT2D eigenvalue weighted by atomic mass is 10.1. The molecule has 24 heavy (non-hydrogen) atoms. The van der Waals surface area contributed by atoms with Gasteiger partial charge in [0.05, 0.1) is 27.7 Å². The third-order valence-electron chi connectivity index (χ3n) is 3.47. The molecule has 0 spiro atoms. The summed E-state index contributed by atoms with van der Waals surface area (Å²) in [4.78, 5) is 13.2. The van der Waals surface area contributed by atoms with E-state index in [1.165, 1.54) is 17.5 Å². The monoisotopic (exact) mass is 329 g/mol. The molecule has 0 aliphatic rings. The number of rotatable bonds is 3. The van der Waals surface area contributed by atoms with Crippen LogP contribution in [0.4, 0.5) is 11.1 Å². The molecule has 2 heterocycles. The molecular weight excluding hydrogens is 318 g/mol. The van der Waals surface area contributed by atoms with E-state index >= 15 is 0 Å². The molecule has 2 aromatic carbocycles. The van der Waals surface area contributed by atoms with Gasteiger partial charge in [0.15, 0.2) is 5.13 Å². The van der Waals surface area contributed by atoms with Crippen molar-refractivity contribution < 1.29 is 0 Å². The first-order chi connectivity index (χ1) is 11.8. The fourth-order valence-corrected chi connectivity index (χ4v) is 3.22. The van der Waals surface area contributed by atoms with E-state index in [2.05, 4.69) is 26.3 Å². The molecule has 1 N–H and O–H groups in total. The molecule has 4 aromatic rings.